The first-order valence-corrected chi connectivity index (χ1v) is 5.73. The molecule has 0 aliphatic carbocycles. The van der Waals surface area contributed by atoms with Crippen molar-refractivity contribution < 1.29 is 0 Å². The summed E-state index contributed by atoms with van der Waals surface area (Å²) in [7, 11) is 0. The summed E-state index contributed by atoms with van der Waals surface area (Å²) in [6.07, 6.45) is 1.10. The molecule has 2 unspecified atom stereocenters. The van der Waals surface area contributed by atoms with E-state index in [1.165, 1.54) is 0 Å². The lowest BCUT2D eigenvalue weighted by Crippen LogP contribution is -2.36. The first-order chi connectivity index (χ1) is 7.10. The topological polar surface area (TPSA) is 42.7 Å². The van der Waals surface area contributed by atoms with Crippen molar-refractivity contribution in [3.8, 4) is 0 Å². The van der Waals surface area contributed by atoms with Crippen LogP contribution in [0.25, 0.3) is 0 Å². The van der Waals surface area contributed by atoms with Gasteiger partial charge in [0, 0.05) is 6.04 Å². The van der Waals surface area contributed by atoms with Gasteiger partial charge in [-0.1, -0.05) is 13.8 Å². The molecule has 0 aromatic carbocycles. The summed E-state index contributed by atoms with van der Waals surface area (Å²) in [6.45, 7) is 11.5. The van der Waals surface area contributed by atoms with Crippen molar-refractivity contribution in [1.29, 1.82) is 0 Å². The van der Waals surface area contributed by atoms with Crippen LogP contribution in [0.15, 0.2) is 0 Å². The van der Waals surface area contributed by atoms with E-state index in [0.717, 1.165) is 24.6 Å². The standard InChI is InChI=1S/C11H22N4/c1-6-11(12-7-2)8(3)15-10(5)13-9(4)14-15/h8,11-12H,6-7H2,1-5H3. The molecule has 15 heavy (non-hydrogen) atoms. The van der Waals surface area contributed by atoms with Gasteiger partial charge in [0.05, 0.1) is 6.04 Å². The normalized spacial score (nSPS) is 15.3. The van der Waals surface area contributed by atoms with Crippen molar-refractivity contribution in [2.24, 2.45) is 0 Å². The van der Waals surface area contributed by atoms with Crippen LogP contribution >= 0.6 is 0 Å². The Bertz CT molecular complexity index is 306. The van der Waals surface area contributed by atoms with E-state index >= 15 is 0 Å². The van der Waals surface area contributed by atoms with Gasteiger partial charge in [0.25, 0.3) is 0 Å². The highest BCUT2D eigenvalue weighted by Crippen LogP contribution is 2.14. The smallest absolute Gasteiger partial charge is 0.147 e. The van der Waals surface area contributed by atoms with Crippen LogP contribution in [0.3, 0.4) is 0 Å². The highest BCUT2D eigenvalue weighted by Gasteiger charge is 2.18. The average Bonchev–Trinajstić information content (AvgIpc) is 2.53. The Labute approximate surface area is 92.1 Å². The van der Waals surface area contributed by atoms with Crippen LogP contribution in [0.2, 0.25) is 0 Å². The average molecular weight is 210 g/mol. The summed E-state index contributed by atoms with van der Waals surface area (Å²) in [5.41, 5.74) is 0. The van der Waals surface area contributed by atoms with E-state index in [-0.39, 0.29) is 0 Å². The molecule has 0 bridgehead atoms. The van der Waals surface area contributed by atoms with Crippen molar-refractivity contribution >= 4 is 0 Å². The molecule has 86 valence electrons. The predicted octanol–water partition coefficient (Wildman–Crippen LogP) is 1.84. The van der Waals surface area contributed by atoms with Crippen molar-refractivity contribution in [3.05, 3.63) is 11.6 Å². The fourth-order valence-corrected chi connectivity index (χ4v) is 2.01. The first kappa shape index (κ1) is 12.2. The number of nitrogens with zero attached hydrogens (tertiary/aromatic N) is 3. The van der Waals surface area contributed by atoms with Gasteiger partial charge in [-0.3, -0.25) is 0 Å². The molecule has 1 aromatic rings. The lowest BCUT2D eigenvalue weighted by Gasteiger charge is -2.24. The summed E-state index contributed by atoms with van der Waals surface area (Å²) in [5, 5.41) is 7.91. The molecule has 1 N–H and O–H groups in total. The van der Waals surface area contributed by atoms with E-state index in [1.807, 2.05) is 18.5 Å². The molecule has 0 saturated carbocycles. The summed E-state index contributed by atoms with van der Waals surface area (Å²) >= 11 is 0. The zero-order chi connectivity index (χ0) is 11.4. The highest BCUT2D eigenvalue weighted by atomic mass is 15.4. The van der Waals surface area contributed by atoms with Gasteiger partial charge in [0.15, 0.2) is 0 Å². The van der Waals surface area contributed by atoms with Gasteiger partial charge in [0.1, 0.15) is 11.6 Å². The molecular formula is C11H22N4. The summed E-state index contributed by atoms with van der Waals surface area (Å²) in [4.78, 5) is 4.33. The maximum Gasteiger partial charge on any atom is 0.147 e. The molecule has 0 spiro atoms. The highest BCUT2D eigenvalue weighted by molar-refractivity contribution is 4.92. The fraction of sp³-hybridized carbons (Fsp3) is 0.818. The Morgan fingerprint density at radius 2 is 2.00 bits per heavy atom. The van der Waals surface area contributed by atoms with Gasteiger partial charge in [-0.15, -0.1) is 0 Å². The number of hydrogen-bond acceptors (Lipinski definition) is 3. The molecule has 0 amide bonds. The van der Waals surface area contributed by atoms with E-state index < -0.39 is 0 Å². The number of hydrogen-bond donors (Lipinski definition) is 1. The summed E-state index contributed by atoms with van der Waals surface area (Å²) in [6, 6.07) is 0.825. The van der Waals surface area contributed by atoms with E-state index in [2.05, 4.69) is 36.2 Å². The SMILES string of the molecule is CCNC(CC)C(C)n1nc(C)nc1C. The molecule has 0 radical (unpaired) electrons. The van der Waals surface area contributed by atoms with Crippen LogP contribution < -0.4 is 5.32 Å². The molecule has 0 aliphatic rings. The van der Waals surface area contributed by atoms with E-state index in [0.29, 0.717) is 12.1 Å². The second kappa shape index (κ2) is 5.26. The zero-order valence-corrected chi connectivity index (χ0v) is 10.4. The summed E-state index contributed by atoms with van der Waals surface area (Å²) in [5.74, 6) is 1.85. The molecule has 0 fully saturated rings. The predicted molar refractivity (Wildman–Crippen MR) is 62.0 cm³/mol. The fourth-order valence-electron chi connectivity index (χ4n) is 2.01. The minimum absolute atomic E-state index is 0.358. The van der Waals surface area contributed by atoms with Crippen LogP contribution in [-0.2, 0) is 0 Å². The van der Waals surface area contributed by atoms with Crippen molar-refractivity contribution in [3.63, 3.8) is 0 Å². The van der Waals surface area contributed by atoms with Gasteiger partial charge < -0.3 is 5.32 Å². The Morgan fingerprint density at radius 3 is 2.40 bits per heavy atom. The van der Waals surface area contributed by atoms with Crippen LogP contribution in [-0.4, -0.2) is 27.4 Å². The Morgan fingerprint density at radius 1 is 1.33 bits per heavy atom. The van der Waals surface area contributed by atoms with Gasteiger partial charge in [-0.05, 0) is 33.7 Å². The number of aryl methyl sites for hydroxylation is 2. The number of nitrogens with one attached hydrogen (secondary N) is 1. The molecule has 0 saturated heterocycles. The van der Waals surface area contributed by atoms with Crippen molar-refractivity contribution in [2.45, 2.75) is 53.1 Å². The number of likely N-dealkylation sites (N-methyl/N-ethyl adjacent to an activating group) is 1. The lowest BCUT2D eigenvalue weighted by atomic mass is 10.1. The van der Waals surface area contributed by atoms with E-state index in [1.54, 1.807) is 0 Å². The third kappa shape index (κ3) is 2.78. The van der Waals surface area contributed by atoms with Crippen LogP contribution in [0.5, 0.6) is 0 Å². The molecule has 0 aliphatic heterocycles. The molecule has 1 aromatic heterocycles. The Balaban J connectivity index is 2.81. The monoisotopic (exact) mass is 210 g/mol. The first-order valence-electron chi connectivity index (χ1n) is 5.73. The van der Waals surface area contributed by atoms with Crippen LogP contribution in [0.4, 0.5) is 0 Å². The third-order valence-electron chi connectivity index (χ3n) is 2.78. The minimum Gasteiger partial charge on any atom is -0.312 e. The number of rotatable bonds is 5. The minimum atomic E-state index is 0.358. The van der Waals surface area contributed by atoms with Crippen molar-refractivity contribution in [1.82, 2.24) is 20.1 Å². The lowest BCUT2D eigenvalue weighted by molar-refractivity contribution is 0.337. The van der Waals surface area contributed by atoms with E-state index in [4.69, 9.17) is 0 Å². The molecule has 1 heterocycles. The van der Waals surface area contributed by atoms with E-state index in [9.17, 15) is 0 Å². The van der Waals surface area contributed by atoms with Gasteiger partial charge in [-0.2, -0.15) is 5.10 Å². The van der Waals surface area contributed by atoms with Gasteiger partial charge in [-0.25, -0.2) is 9.67 Å². The van der Waals surface area contributed by atoms with Gasteiger partial charge in [0.2, 0.25) is 0 Å². The number of aromatic nitrogens is 3. The molecule has 1 rings (SSSR count). The Hall–Kier alpha value is -0.900. The van der Waals surface area contributed by atoms with Crippen LogP contribution in [0, 0.1) is 13.8 Å². The zero-order valence-electron chi connectivity index (χ0n) is 10.4. The maximum atomic E-state index is 4.43. The second-order valence-electron chi connectivity index (χ2n) is 3.96. The summed E-state index contributed by atoms with van der Waals surface area (Å²) < 4.78 is 2.02. The second-order valence-corrected chi connectivity index (χ2v) is 3.96. The molecule has 4 heteroatoms. The molecular weight excluding hydrogens is 188 g/mol. The largest absolute Gasteiger partial charge is 0.312 e. The molecule has 4 nitrogen and oxygen atoms in total. The Kier molecular flexibility index (Phi) is 4.27. The molecule has 2 atom stereocenters. The van der Waals surface area contributed by atoms with Gasteiger partial charge >= 0.3 is 0 Å². The van der Waals surface area contributed by atoms with Crippen molar-refractivity contribution in [2.75, 3.05) is 6.54 Å². The maximum absolute atomic E-state index is 4.43. The quantitative estimate of drug-likeness (QED) is 0.806. The third-order valence-corrected chi connectivity index (χ3v) is 2.78. The van der Waals surface area contributed by atoms with Crippen LogP contribution in [0.1, 0.15) is 44.9 Å².